The topological polar surface area (TPSA) is 35.0 Å². The highest BCUT2D eigenvalue weighted by Crippen LogP contribution is 2.57. The summed E-state index contributed by atoms with van der Waals surface area (Å²) in [6, 6.07) is 57.8. The van der Waals surface area contributed by atoms with E-state index in [1.807, 2.05) is 18.3 Å². The van der Waals surface area contributed by atoms with Crippen molar-refractivity contribution < 1.29 is 4.74 Å². The fourth-order valence-electron chi connectivity index (χ4n) is 7.24. The molecule has 0 bridgehead atoms. The second kappa shape index (κ2) is 10.5. The van der Waals surface area contributed by atoms with Crippen LogP contribution < -0.4 is 4.74 Å². The van der Waals surface area contributed by atoms with Gasteiger partial charge in [-0.2, -0.15) is 0 Å². The van der Waals surface area contributed by atoms with E-state index in [1.165, 1.54) is 11.1 Å². The molecule has 6 aromatic carbocycles. The maximum atomic E-state index is 6.72. The minimum Gasteiger partial charge on any atom is -0.457 e. The van der Waals surface area contributed by atoms with E-state index in [0.29, 0.717) is 0 Å². The van der Waals surface area contributed by atoms with Gasteiger partial charge in [-0.1, -0.05) is 133 Å². The first-order chi connectivity index (χ1) is 22.8. The molecule has 0 unspecified atom stereocenters. The van der Waals surface area contributed by atoms with Gasteiger partial charge in [0.25, 0.3) is 0 Å². The summed E-state index contributed by atoms with van der Waals surface area (Å²) in [6.45, 7) is 0. The maximum Gasteiger partial charge on any atom is 0.132 e. The molecule has 0 saturated heterocycles. The summed E-state index contributed by atoms with van der Waals surface area (Å²) < 4.78 is 6.72. The highest BCUT2D eigenvalue weighted by molar-refractivity contribution is 6.03. The summed E-state index contributed by atoms with van der Waals surface area (Å²) in [5, 5.41) is 2.16. The van der Waals surface area contributed by atoms with E-state index >= 15 is 0 Å². The van der Waals surface area contributed by atoms with Crippen molar-refractivity contribution in [3.05, 3.63) is 192 Å². The van der Waals surface area contributed by atoms with Gasteiger partial charge in [-0.15, -0.1) is 0 Å². The van der Waals surface area contributed by atoms with Crippen LogP contribution >= 0.6 is 0 Å². The predicted molar refractivity (Wildman–Crippen MR) is 186 cm³/mol. The first kappa shape index (κ1) is 26.4. The van der Waals surface area contributed by atoms with Crippen molar-refractivity contribution in [3.8, 4) is 33.9 Å². The molecule has 9 rings (SSSR count). The lowest BCUT2D eigenvalue weighted by atomic mass is 9.62. The fraction of sp³-hybridized carbons (Fsp3) is 0.0233. The standard InChI is InChI=1S/C43H28N2O/c1-3-15-33(16-4-1)43(34-17-5-2-6-18-34)36-20-7-8-21-38(36)46-39-22-10-19-35(40(39)43)31-12-9-13-32(28-31)37-26-25-30-24-23-29-14-11-27-44-41(29)42(30)45-37/h1-28H. The van der Waals surface area contributed by atoms with Crippen LogP contribution in [0.15, 0.2) is 170 Å². The highest BCUT2D eigenvalue weighted by Gasteiger charge is 2.46. The van der Waals surface area contributed by atoms with Gasteiger partial charge in [0.15, 0.2) is 0 Å². The van der Waals surface area contributed by atoms with Crippen molar-refractivity contribution in [2.45, 2.75) is 5.41 Å². The second-order valence-electron chi connectivity index (χ2n) is 11.7. The first-order valence-electron chi connectivity index (χ1n) is 15.6. The molecule has 0 radical (unpaired) electrons. The molecule has 3 heteroatoms. The Hall–Kier alpha value is -6.06. The lowest BCUT2D eigenvalue weighted by Gasteiger charge is -2.42. The summed E-state index contributed by atoms with van der Waals surface area (Å²) >= 11 is 0. The van der Waals surface area contributed by atoms with Crippen molar-refractivity contribution >= 4 is 21.8 Å². The number of para-hydroxylation sites is 1. The minimum atomic E-state index is -0.606. The number of hydrogen-bond donors (Lipinski definition) is 0. The van der Waals surface area contributed by atoms with E-state index < -0.39 is 5.41 Å². The Labute approximate surface area is 267 Å². The number of hydrogen-bond acceptors (Lipinski definition) is 3. The van der Waals surface area contributed by atoms with Crippen LogP contribution in [0, 0.1) is 0 Å². The zero-order valence-corrected chi connectivity index (χ0v) is 25.0. The third-order valence-corrected chi connectivity index (χ3v) is 9.23. The fourth-order valence-corrected chi connectivity index (χ4v) is 7.24. The van der Waals surface area contributed by atoms with Crippen LogP contribution in [0.3, 0.4) is 0 Å². The number of benzene rings is 6. The van der Waals surface area contributed by atoms with Gasteiger partial charge in [-0.05, 0) is 52.6 Å². The Morgan fingerprint density at radius 2 is 1.13 bits per heavy atom. The quantitative estimate of drug-likeness (QED) is 0.192. The van der Waals surface area contributed by atoms with Crippen LogP contribution in [0.1, 0.15) is 22.3 Å². The molecular formula is C43H28N2O. The smallest absolute Gasteiger partial charge is 0.132 e. The molecule has 0 spiro atoms. The van der Waals surface area contributed by atoms with Gasteiger partial charge in [0.1, 0.15) is 11.5 Å². The molecule has 0 N–H and O–H groups in total. The number of pyridine rings is 2. The lowest BCUT2D eigenvalue weighted by Crippen LogP contribution is -2.34. The van der Waals surface area contributed by atoms with Crippen LogP contribution in [0.4, 0.5) is 0 Å². The third-order valence-electron chi connectivity index (χ3n) is 9.23. The van der Waals surface area contributed by atoms with E-state index in [4.69, 9.17) is 9.72 Å². The van der Waals surface area contributed by atoms with Gasteiger partial charge in [-0.3, -0.25) is 4.98 Å². The molecule has 3 nitrogen and oxygen atoms in total. The molecule has 3 heterocycles. The van der Waals surface area contributed by atoms with Gasteiger partial charge in [0, 0.05) is 33.7 Å². The number of nitrogens with zero attached hydrogens (tertiary/aromatic N) is 2. The molecule has 0 fully saturated rings. The van der Waals surface area contributed by atoms with Crippen LogP contribution in [0.5, 0.6) is 11.5 Å². The molecule has 0 atom stereocenters. The summed E-state index contributed by atoms with van der Waals surface area (Å²) in [6.07, 6.45) is 1.83. The second-order valence-corrected chi connectivity index (χ2v) is 11.7. The molecule has 1 aliphatic rings. The summed E-state index contributed by atoms with van der Waals surface area (Å²) in [5.74, 6) is 1.73. The largest absolute Gasteiger partial charge is 0.457 e. The molecule has 2 aromatic heterocycles. The van der Waals surface area contributed by atoms with Crippen molar-refractivity contribution in [2.24, 2.45) is 0 Å². The lowest BCUT2D eigenvalue weighted by molar-refractivity contribution is 0.435. The summed E-state index contributed by atoms with van der Waals surface area (Å²) in [5.41, 5.74) is 10.0. The Bertz CT molecular complexity index is 2360. The molecule has 0 amide bonds. The minimum absolute atomic E-state index is 0.606. The SMILES string of the molecule is c1ccc(C2(c3ccccc3)c3ccccc3Oc3cccc(-c4cccc(-c5ccc6ccc7cccnc7c6n5)c4)c32)cc1. The van der Waals surface area contributed by atoms with E-state index in [9.17, 15) is 0 Å². The van der Waals surface area contributed by atoms with Gasteiger partial charge >= 0.3 is 0 Å². The van der Waals surface area contributed by atoms with Crippen molar-refractivity contribution in [1.29, 1.82) is 0 Å². The van der Waals surface area contributed by atoms with E-state index in [-0.39, 0.29) is 0 Å². The molecule has 0 aliphatic carbocycles. The van der Waals surface area contributed by atoms with Gasteiger partial charge in [0.2, 0.25) is 0 Å². The molecule has 1 aliphatic heterocycles. The molecule has 46 heavy (non-hydrogen) atoms. The van der Waals surface area contributed by atoms with Gasteiger partial charge < -0.3 is 4.74 Å². The number of fused-ring (bicyclic) bond motifs is 5. The number of ether oxygens (including phenoxy) is 1. The molecule has 216 valence electrons. The predicted octanol–water partition coefficient (Wildman–Crippen LogP) is 10.6. The normalized spacial score (nSPS) is 13.1. The van der Waals surface area contributed by atoms with Gasteiger partial charge in [0.05, 0.1) is 22.1 Å². The molecule has 8 aromatic rings. The first-order valence-corrected chi connectivity index (χ1v) is 15.6. The Morgan fingerprint density at radius 1 is 0.478 bits per heavy atom. The third kappa shape index (κ3) is 3.99. The summed E-state index contributed by atoms with van der Waals surface area (Å²) in [7, 11) is 0. The number of rotatable bonds is 4. The van der Waals surface area contributed by atoms with E-state index in [0.717, 1.165) is 66.8 Å². The van der Waals surface area contributed by atoms with Crippen LogP contribution in [-0.4, -0.2) is 9.97 Å². The monoisotopic (exact) mass is 588 g/mol. The van der Waals surface area contributed by atoms with Crippen LogP contribution in [-0.2, 0) is 5.41 Å². The molecule has 0 saturated carbocycles. The highest BCUT2D eigenvalue weighted by atomic mass is 16.5. The van der Waals surface area contributed by atoms with E-state index in [2.05, 4.69) is 157 Å². The molecular weight excluding hydrogens is 560 g/mol. The van der Waals surface area contributed by atoms with E-state index in [1.54, 1.807) is 0 Å². The Kier molecular flexibility index (Phi) is 6.04. The Balaban J connectivity index is 1.30. The zero-order valence-electron chi connectivity index (χ0n) is 25.0. The average molecular weight is 589 g/mol. The van der Waals surface area contributed by atoms with Gasteiger partial charge in [-0.25, -0.2) is 4.98 Å². The zero-order chi connectivity index (χ0) is 30.5. The van der Waals surface area contributed by atoms with Crippen molar-refractivity contribution in [1.82, 2.24) is 9.97 Å². The van der Waals surface area contributed by atoms with Crippen molar-refractivity contribution in [3.63, 3.8) is 0 Å². The van der Waals surface area contributed by atoms with Crippen molar-refractivity contribution in [2.75, 3.05) is 0 Å². The van der Waals surface area contributed by atoms with Crippen LogP contribution in [0.25, 0.3) is 44.2 Å². The average Bonchev–Trinajstić information content (AvgIpc) is 3.14. The summed E-state index contributed by atoms with van der Waals surface area (Å²) in [4.78, 5) is 9.84. The Morgan fingerprint density at radius 3 is 1.93 bits per heavy atom. The number of aromatic nitrogens is 2. The van der Waals surface area contributed by atoms with Crippen LogP contribution in [0.2, 0.25) is 0 Å². The maximum absolute atomic E-state index is 6.72.